The minimum Gasteiger partial charge on any atom is -0.299 e. The second-order valence-corrected chi connectivity index (χ2v) is 3.65. The van der Waals surface area contributed by atoms with Gasteiger partial charge in [-0.1, -0.05) is 6.07 Å². The standard InChI is InChI=1S/C10H14N2.CH2BN/c1-12-7-3-5-10(12)9-4-2-6-11-8-9;2-1-3/h2,4,6,8,10H,3,5,7H2,1H3;2H2/t10-;/m0./s1. The van der Waals surface area contributed by atoms with Gasteiger partial charge >= 0.3 is 0 Å². The molecule has 0 N–H and O–H groups in total. The zero-order chi connectivity index (χ0) is 11.1. The van der Waals surface area contributed by atoms with Gasteiger partial charge in [0.15, 0.2) is 0 Å². The van der Waals surface area contributed by atoms with Crippen molar-refractivity contribution in [3.05, 3.63) is 30.1 Å². The predicted molar refractivity (Wildman–Crippen MR) is 63.0 cm³/mol. The lowest BCUT2D eigenvalue weighted by Crippen LogP contribution is -2.17. The molecule has 0 aliphatic carbocycles. The Bertz CT molecular complexity index is 320. The van der Waals surface area contributed by atoms with E-state index in [9.17, 15) is 0 Å². The van der Waals surface area contributed by atoms with E-state index in [0.717, 1.165) is 0 Å². The van der Waals surface area contributed by atoms with Gasteiger partial charge in [0, 0.05) is 18.4 Å². The minimum absolute atomic E-state index is 0.610. The fraction of sp³-hybridized carbons (Fsp3) is 0.455. The first-order chi connectivity index (χ1) is 7.29. The van der Waals surface area contributed by atoms with Crippen LogP contribution in [0, 0.1) is 11.2 Å². The van der Waals surface area contributed by atoms with Crippen molar-refractivity contribution in [1.29, 1.82) is 5.26 Å². The molecule has 1 aromatic rings. The maximum absolute atomic E-state index is 7.32. The van der Waals surface area contributed by atoms with Crippen molar-refractivity contribution >= 4 is 7.85 Å². The molecular formula is C11H16BN3. The Morgan fingerprint density at radius 1 is 1.67 bits per heavy atom. The summed E-state index contributed by atoms with van der Waals surface area (Å²) in [5.41, 5.74) is 1.36. The first-order valence-electron chi connectivity index (χ1n) is 5.20. The summed E-state index contributed by atoms with van der Waals surface area (Å²) in [6.45, 7) is 1.22. The Balaban J connectivity index is 0.000000337. The van der Waals surface area contributed by atoms with E-state index < -0.39 is 0 Å². The Morgan fingerprint density at radius 2 is 2.40 bits per heavy atom. The van der Waals surface area contributed by atoms with Crippen LogP contribution >= 0.6 is 0 Å². The molecule has 0 radical (unpaired) electrons. The van der Waals surface area contributed by atoms with Crippen LogP contribution in [0.3, 0.4) is 0 Å². The van der Waals surface area contributed by atoms with Gasteiger partial charge < -0.3 is 0 Å². The fourth-order valence-electron chi connectivity index (χ4n) is 1.90. The quantitative estimate of drug-likeness (QED) is 0.635. The number of aromatic nitrogens is 1. The summed E-state index contributed by atoms with van der Waals surface area (Å²) >= 11 is 0. The highest BCUT2D eigenvalue weighted by Gasteiger charge is 2.21. The van der Waals surface area contributed by atoms with E-state index in [-0.39, 0.29) is 0 Å². The summed E-state index contributed by atoms with van der Waals surface area (Å²) in [6, 6.07) is 4.79. The molecule has 2 rings (SSSR count). The summed E-state index contributed by atoms with van der Waals surface area (Å²) in [7, 11) is 3.62. The van der Waals surface area contributed by atoms with E-state index in [1.54, 1.807) is 5.97 Å². The number of nitrogens with zero attached hydrogens (tertiary/aromatic N) is 3. The van der Waals surface area contributed by atoms with Gasteiger partial charge in [-0.25, -0.2) is 5.26 Å². The van der Waals surface area contributed by atoms with Crippen molar-refractivity contribution in [2.75, 3.05) is 13.6 Å². The third kappa shape index (κ3) is 3.37. The van der Waals surface area contributed by atoms with E-state index in [0.29, 0.717) is 6.04 Å². The molecule has 1 atom stereocenters. The largest absolute Gasteiger partial charge is 0.299 e. The zero-order valence-corrected chi connectivity index (χ0v) is 9.35. The van der Waals surface area contributed by atoms with Crippen LogP contribution < -0.4 is 0 Å². The number of pyridine rings is 1. The molecule has 0 saturated carbocycles. The molecule has 0 aromatic carbocycles. The van der Waals surface area contributed by atoms with Crippen molar-refractivity contribution in [3.8, 4) is 5.97 Å². The van der Waals surface area contributed by atoms with E-state index in [2.05, 4.69) is 23.0 Å². The SMILES string of the molecule is BC#N.CN1CCC[C@H]1c1cccnc1. The van der Waals surface area contributed by atoms with Crippen molar-refractivity contribution in [1.82, 2.24) is 9.88 Å². The molecule has 0 spiro atoms. The number of likely N-dealkylation sites (tertiary alicyclic amines) is 1. The van der Waals surface area contributed by atoms with Crippen LogP contribution in [0.2, 0.25) is 0 Å². The first-order valence-corrected chi connectivity index (χ1v) is 5.20. The van der Waals surface area contributed by atoms with Crippen molar-refractivity contribution in [2.24, 2.45) is 0 Å². The van der Waals surface area contributed by atoms with E-state index in [4.69, 9.17) is 5.26 Å². The average molecular weight is 201 g/mol. The van der Waals surface area contributed by atoms with Crippen LogP contribution in [0.5, 0.6) is 0 Å². The molecule has 1 fully saturated rings. The molecule has 1 saturated heterocycles. The lowest BCUT2D eigenvalue weighted by atomic mass is 10.1. The number of hydrogen-bond donors (Lipinski definition) is 0. The Hall–Kier alpha value is -1.34. The first kappa shape index (κ1) is 11.7. The Labute approximate surface area is 92.1 Å². The highest BCUT2D eigenvalue weighted by molar-refractivity contribution is 6.20. The topological polar surface area (TPSA) is 39.9 Å². The smallest absolute Gasteiger partial charge is 0.232 e. The second kappa shape index (κ2) is 6.21. The summed E-state index contributed by atoms with van der Waals surface area (Å²) in [5, 5.41) is 7.32. The minimum atomic E-state index is 0.610. The molecule has 2 heterocycles. The normalized spacial score (nSPS) is 20.1. The van der Waals surface area contributed by atoms with Crippen LogP contribution in [0.25, 0.3) is 0 Å². The Kier molecular flexibility index (Phi) is 4.86. The van der Waals surface area contributed by atoms with Gasteiger partial charge in [0.25, 0.3) is 0 Å². The number of nitriles is 1. The van der Waals surface area contributed by atoms with Crippen LogP contribution in [0.15, 0.2) is 24.5 Å². The number of rotatable bonds is 1. The highest BCUT2D eigenvalue weighted by Crippen LogP contribution is 2.29. The zero-order valence-electron chi connectivity index (χ0n) is 9.35. The van der Waals surface area contributed by atoms with E-state index >= 15 is 0 Å². The van der Waals surface area contributed by atoms with Crippen LogP contribution in [-0.4, -0.2) is 31.3 Å². The van der Waals surface area contributed by atoms with Gasteiger partial charge in [-0.2, -0.15) is 0 Å². The van der Waals surface area contributed by atoms with Gasteiger partial charge in [-0.15, -0.1) is 0 Å². The van der Waals surface area contributed by atoms with Gasteiger partial charge in [-0.05, 0) is 44.0 Å². The van der Waals surface area contributed by atoms with E-state index in [1.165, 1.54) is 32.8 Å². The number of hydrogen-bond acceptors (Lipinski definition) is 3. The molecule has 1 aliphatic heterocycles. The predicted octanol–water partition coefficient (Wildman–Crippen LogP) is 0.949. The van der Waals surface area contributed by atoms with Crippen molar-refractivity contribution < 1.29 is 0 Å². The van der Waals surface area contributed by atoms with Crippen LogP contribution in [0.1, 0.15) is 24.4 Å². The monoisotopic (exact) mass is 201 g/mol. The summed E-state index contributed by atoms with van der Waals surface area (Å²) in [6.07, 6.45) is 6.41. The lowest BCUT2D eigenvalue weighted by Gasteiger charge is -2.18. The summed E-state index contributed by atoms with van der Waals surface area (Å²) < 4.78 is 0. The highest BCUT2D eigenvalue weighted by atomic mass is 15.1. The molecule has 78 valence electrons. The molecule has 0 amide bonds. The van der Waals surface area contributed by atoms with Gasteiger partial charge in [0.1, 0.15) is 0 Å². The van der Waals surface area contributed by atoms with Gasteiger partial charge in [-0.3, -0.25) is 9.88 Å². The van der Waals surface area contributed by atoms with E-state index in [1.807, 2.05) is 18.5 Å². The van der Waals surface area contributed by atoms with Crippen LogP contribution in [-0.2, 0) is 0 Å². The maximum atomic E-state index is 7.32. The van der Waals surface area contributed by atoms with Crippen molar-refractivity contribution in [3.63, 3.8) is 0 Å². The van der Waals surface area contributed by atoms with Crippen molar-refractivity contribution in [2.45, 2.75) is 18.9 Å². The third-order valence-electron chi connectivity index (χ3n) is 2.59. The fourth-order valence-corrected chi connectivity index (χ4v) is 1.90. The molecule has 4 heteroatoms. The maximum Gasteiger partial charge on any atom is 0.232 e. The molecular weight excluding hydrogens is 185 g/mol. The molecule has 1 aromatic heterocycles. The molecule has 1 aliphatic rings. The molecule has 3 nitrogen and oxygen atoms in total. The van der Waals surface area contributed by atoms with Gasteiger partial charge in [0.2, 0.25) is 7.85 Å². The Morgan fingerprint density at radius 3 is 2.87 bits per heavy atom. The molecule has 15 heavy (non-hydrogen) atoms. The summed E-state index contributed by atoms with van der Waals surface area (Å²) in [5.74, 6) is 1.75. The third-order valence-corrected chi connectivity index (χ3v) is 2.59. The molecule has 0 bridgehead atoms. The van der Waals surface area contributed by atoms with Gasteiger partial charge in [0.05, 0.1) is 0 Å². The second-order valence-electron chi connectivity index (χ2n) is 3.65. The lowest BCUT2D eigenvalue weighted by molar-refractivity contribution is 0.317. The van der Waals surface area contributed by atoms with Crippen LogP contribution in [0.4, 0.5) is 0 Å². The average Bonchev–Trinajstić information content (AvgIpc) is 2.67. The summed E-state index contributed by atoms with van der Waals surface area (Å²) in [4.78, 5) is 6.54. The molecule has 0 unspecified atom stereocenters.